The molecule has 2 fully saturated rings. The van der Waals surface area contributed by atoms with Gasteiger partial charge in [-0.15, -0.1) is 0 Å². The summed E-state index contributed by atoms with van der Waals surface area (Å²) in [4.78, 5) is 18.4. The second-order valence-electron chi connectivity index (χ2n) is 7.42. The molecule has 4 nitrogen and oxygen atoms in total. The summed E-state index contributed by atoms with van der Waals surface area (Å²) in [5.74, 6) is -0.0242. The zero-order valence-electron chi connectivity index (χ0n) is 15.0. The molecule has 0 spiro atoms. The van der Waals surface area contributed by atoms with Gasteiger partial charge in [0.1, 0.15) is 0 Å². The highest BCUT2D eigenvalue weighted by Crippen LogP contribution is 2.48. The number of hydrogen-bond donors (Lipinski definition) is 1. The fourth-order valence-corrected chi connectivity index (χ4v) is 3.86. The van der Waals surface area contributed by atoms with E-state index in [-0.39, 0.29) is 11.9 Å². The van der Waals surface area contributed by atoms with Crippen LogP contribution in [-0.2, 0) is 16.4 Å². The van der Waals surface area contributed by atoms with Crippen LogP contribution in [0.5, 0.6) is 0 Å². The molecule has 4 rings (SSSR count). The molecule has 2 aromatic rings. The Kier molecular flexibility index (Phi) is 4.73. The molecule has 1 aliphatic heterocycles. The normalized spacial score (nSPS) is 20.9. The van der Waals surface area contributed by atoms with E-state index in [1.54, 1.807) is 12.1 Å². The van der Waals surface area contributed by atoms with E-state index in [1.807, 2.05) is 17.0 Å². The van der Waals surface area contributed by atoms with E-state index >= 15 is 0 Å². The zero-order chi connectivity index (χ0) is 19.9. The lowest BCUT2D eigenvalue weighted by Crippen LogP contribution is -2.43. The van der Waals surface area contributed by atoms with Crippen molar-refractivity contribution in [1.82, 2.24) is 10.3 Å². The predicted octanol–water partition coefficient (Wildman–Crippen LogP) is 4.18. The maximum Gasteiger partial charge on any atom is 0.417 e. The van der Waals surface area contributed by atoms with Crippen LogP contribution in [0.25, 0.3) is 0 Å². The summed E-state index contributed by atoms with van der Waals surface area (Å²) in [5.41, 5.74) is 0.101. The summed E-state index contributed by atoms with van der Waals surface area (Å²) in [6.07, 6.45) is 0.0756. The number of anilines is 1. The Morgan fingerprint density at radius 1 is 1.21 bits per heavy atom. The Bertz CT molecular complexity index is 881. The van der Waals surface area contributed by atoms with Gasteiger partial charge in [-0.25, -0.2) is 0 Å². The van der Waals surface area contributed by atoms with Crippen LogP contribution in [0.1, 0.15) is 30.4 Å². The van der Waals surface area contributed by atoms with Gasteiger partial charge < -0.3 is 10.2 Å². The summed E-state index contributed by atoms with van der Waals surface area (Å²) < 4.78 is 38.7. The average Bonchev–Trinajstić information content (AvgIpc) is 3.35. The minimum Gasteiger partial charge on any atom is -0.368 e. The Hall–Kier alpha value is -2.28. The van der Waals surface area contributed by atoms with Crippen LogP contribution < -0.4 is 10.2 Å². The van der Waals surface area contributed by atoms with E-state index in [0.717, 1.165) is 30.7 Å². The predicted molar refractivity (Wildman–Crippen MR) is 100 cm³/mol. The third kappa shape index (κ3) is 3.68. The van der Waals surface area contributed by atoms with Crippen molar-refractivity contribution in [3.05, 3.63) is 58.9 Å². The minimum atomic E-state index is -4.42. The topological polar surface area (TPSA) is 45.2 Å². The van der Waals surface area contributed by atoms with E-state index in [9.17, 15) is 18.0 Å². The molecule has 0 bridgehead atoms. The van der Waals surface area contributed by atoms with Crippen LogP contribution in [0.2, 0.25) is 5.02 Å². The lowest BCUT2D eigenvalue weighted by atomic mass is 9.94. The van der Waals surface area contributed by atoms with Gasteiger partial charge in [-0.05, 0) is 43.0 Å². The fourth-order valence-electron chi connectivity index (χ4n) is 3.73. The number of pyridine rings is 1. The molecule has 148 valence electrons. The van der Waals surface area contributed by atoms with Crippen molar-refractivity contribution in [3.8, 4) is 0 Å². The number of aromatic nitrogens is 1. The molecule has 2 heterocycles. The third-order valence-corrected chi connectivity index (χ3v) is 5.77. The van der Waals surface area contributed by atoms with Crippen LogP contribution in [0.15, 0.2) is 42.7 Å². The standard InChI is InChI=1S/C20H19ClF3N3O/c21-15-3-1-13(2-4-15)19(6-7-19)18(28)26-16-5-8-27(12-16)17-9-14(10-25-11-17)20(22,23)24/h1-4,9-11,16H,5-8,12H2,(H,26,28)/t16-/m1/s1. The molecule has 1 amide bonds. The molecule has 1 N–H and O–H groups in total. The van der Waals surface area contributed by atoms with Crippen molar-refractivity contribution in [2.75, 3.05) is 18.0 Å². The first-order chi connectivity index (χ1) is 13.3. The molecule has 28 heavy (non-hydrogen) atoms. The highest BCUT2D eigenvalue weighted by Gasteiger charge is 2.51. The Morgan fingerprint density at radius 3 is 2.57 bits per heavy atom. The maximum atomic E-state index is 12.9. The number of halogens is 4. The molecule has 1 aliphatic carbocycles. The maximum absolute atomic E-state index is 12.9. The summed E-state index contributed by atoms with van der Waals surface area (Å²) in [5, 5.41) is 3.71. The zero-order valence-corrected chi connectivity index (χ0v) is 15.7. The monoisotopic (exact) mass is 409 g/mol. The van der Waals surface area contributed by atoms with E-state index < -0.39 is 17.2 Å². The average molecular weight is 410 g/mol. The largest absolute Gasteiger partial charge is 0.417 e. The number of alkyl halides is 3. The number of amides is 1. The Labute approximate surface area is 165 Å². The van der Waals surface area contributed by atoms with Gasteiger partial charge in [-0.3, -0.25) is 9.78 Å². The third-order valence-electron chi connectivity index (χ3n) is 5.52. The van der Waals surface area contributed by atoms with Gasteiger partial charge in [-0.2, -0.15) is 13.2 Å². The van der Waals surface area contributed by atoms with E-state index in [0.29, 0.717) is 30.2 Å². The molecule has 1 aromatic heterocycles. The summed E-state index contributed by atoms with van der Waals surface area (Å²) in [6.45, 7) is 1.04. The molecule has 8 heteroatoms. The highest BCUT2D eigenvalue weighted by molar-refractivity contribution is 6.30. The fraction of sp³-hybridized carbons (Fsp3) is 0.400. The van der Waals surface area contributed by atoms with Gasteiger partial charge in [0.05, 0.1) is 22.9 Å². The first kappa shape index (κ1) is 19.1. The van der Waals surface area contributed by atoms with Crippen molar-refractivity contribution in [2.24, 2.45) is 0 Å². The number of hydrogen-bond acceptors (Lipinski definition) is 3. The lowest BCUT2D eigenvalue weighted by molar-refractivity contribution is -0.137. The molecule has 1 atom stereocenters. The number of nitrogens with one attached hydrogen (secondary N) is 1. The van der Waals surface area contributed by atoms with Gasteiger partial charge in [0.2, 0.25) is 5.91 Å². The molecule has 1 saturated carbocycles. The molecule has 1 aromatic carbocycles. The van der Waals surface area contributed by atoms with E-state index in [1.165, 1.54) is 6.20 Å². The summed E-state index contributed by atoms with van der Waals surface area (Å²) in [7, 11) is 0. The van der Waals surface area contributed by atoms with Crippen LogP contribution in [-0.4, -0.2) is 30.0 Å². The Morgan fingerprint density at radius 2 is 1.93 bits per heavy atom. The summed E-state index contributed by atoms with van der Waals surface area (Å²) in [6, 6.07) is 8.32. The Balaban J connectivity index is 1.41. The summed E-state index contributed by atoms with van der Waals surface area (Å²) >= 11 is 5.93. The second kappa shape index (κ2) is 6.95. The molecular weight excluding hydrogens is 391 g/mol. The van der Waals surface area contributed by atoms with Crippen molar-refractivity contribution in [1.29, 1.82) is 0 Å². The van der Waals surface area contributed by atoms with Crippen molar-refractivity contribution < 1.29 is 18.0 Å². The van der Waals surface area contributed by atoms with Crippen molar-refractivity contribution >= 4 is 23.2 Å². The molecule has 0 radical (unpaired) electrons. The van der Waals surface area contributed by atoms with E-state index in [2.05, 4.69) is 10.3 Å². The highest BCUT2D eigenvalue weighted by atomic mass is 35.5. The van der Waals surface area contributed by atoms with Gasteiger partial charge in [-0.1, -0.05) is 23.7 Å². The smallest absolute Gasteiger partial charge is 0.368 e. The first-order valence-corrected chi connectivity index (χ1v) is 9.50. The van der Waals surface area contributed by atoms with Crippen LogP contribution in [0, 0.1) is 0 Å². The number of carbonyl (C=O) groups is 1. The van der Waals surface area contributed by atoms with Gasteiger partial charge in [0.25, 0.3) is 0 Å². The second-order valence-corrected chi connectivity index (χ2v) is 7.86. The molecular formula is C20H19ClF3N3O. The van der Waals surface area contributed by atoms with Gasteiger partial charge in [0.15, 0.2) is 0 Å². The molecule has 0 unspecified atom stereocenters. The van der Waals surface area contributed by atoms with Gasteiger partial charge in [0, 0.05) is 30.4 Å². The minimum absolute atomic E-state index is 0.0242. The number of nitrogens with zero attached hydrogens (tertiary/aromatic N) is 2. The van der Waals surface area contributed by atoms with Crippen LogP contribution in [0.3, 0.4) is 0 Å². The molecule has 2 aliphatic rings. The van der Waals surface area contributed by atoms with Crippen molar-refractivity contribution in [3.63, 3.8) is 0 Å². The first-order valence-electron chi connectivity index (χ1n) is 9.12. The van der Waals surface area contributed by atoms with Crippen molar-refractivity contribution in [2.45, 2.75) is 36.9 Å². The van der Waals surface area contributed by atoms with Crippen LogP contribution >= 0.6 is 11.6 Å². The van der Waals surface area contributed by atoms with Crippen LogP contribution in [0.4, 0.5) is 18.9 Å². The van der Waals surface area contributed by atoms with E-state index in [4.69, 9.17) is 11.6 Å². The molecule has 1 saturated heterocycles. The number of benzene rings is 1. The number of carbonyl (C=O) groups excluding carboxylic acids is 1. The lowest BCUT2D eigenvalue weighted by Gasteiger charge is -2.22. The van der Waals surface area contributed by atoms with Gasteiger partial charge >= 0.3 is 6.18 Å². The SMILES string of the molecule is O=C(N[C@@H]1CCN(c2cncc(C(F)(F)F)c2)C1)C1(c2ccc(Cl)cc2)CC1. The number of rotatable bonds is 4. The quantitative estimate of drug-likeness (QED) is 0.824.